The van der Waals surface area contributed by atoms with Crippen LogP contribution in [0.1, 0.15) is 56.8 Å². The average molecular weight is 454 g/mol. The summed E-state index contributed by atoms with van der Waals surface area (Å²) in [6.07, 6.45) is 3.75. The zero-order chi connectivity index (χ0) is 23.5. The highest BCUT2D eigenvalue weighted by molar-refractivity contribution is 6.05. The van der Waals surface area contributed by atoms with Gasteiger partial charge in [0, 0.05) is 11.1 Å². The SMILES string of the molecule is CCCCOc1cccc(C(=O)Nc2nonc2-c2ccc(OCCC)c(OCCC)c2)c1. The molecule has 0 atom stereocenters. The van der Waals surface area contributed by atoms with Crippen molar-refractivity contribution >= 4 is 11.7 Å². The third-order valence-electron chi connectivity index (χ3n) is 4.72. The second-order valence-corrected chi connectivity index (χ2v) is 7.50. The Hall–Kier alpha value is -3.55. The number of amides is 1. The summed E-state index contributed by atoms with van der Waals surface area (Å²) >= 11 is 0. The molecule has 1 aromatic heterocycles. The van der Waals surface area contributed by atoms with Crippen LogP contribution in [0.25, 0.3) is 11.3 Å². The number of ether oxygens (including phenoxy) is 3. The summed E-state index contributed by atoms with van der Waals surface area (Å²) in [5, 5.41) is 10.7. The van der Waals surface area contributed by atoms with Crippen LogP contribution in [0.3, 0.4) is 0 Å². The van der Waals surface area contributed by atoms with Crippen molar-refractivity contribution in [3.8, 4) is 28.5 Å². The number of nitrogens with zero attached hydrogens (tertiary/aromatic N) is 2. The van der Waals surface area contributed by atoms with Crippen molar-refractivity contribution in [1.29, 1.82) is 0 Å². The molecule has 8 heteroatoms. The molecule has 0 radical (unpaired) electrons. The van der Waals surface area contributed by atoms with Gasteiger partial charge in [-0.05, 0) is 66.0 Å². The second-order valence-electron chi connectivity index (χ2n) is 7.50. The van der Waals surface area contributed by atoms with Gasteiger partial charge in [0.25, 0.3) is 5.91 Å². The number of carbonyl (C=O) groups excluding carboxylic acids is 1. The second kappa shape index (κ2) is 12.5. The van der Waals surface area contributed by atoms with Gasteiger partial charge in [-0.1, -0.05) is 33.3 Å². The molecular formula is C25H31N3O5. The number of rotatable bonds is 13. The van der Waals surface area contributed by atoms with Gasteiger partial charge in [-0.25, -0.2) is 4.63 Å². The number of aromatic nitrogens is 2. The van der Waals surface area contributed by atoms with Gasteiger partial charge in [0.05, 0.1) is 19.8 Å². The molecule has 0 aliphatic heterocycles. The van der Waals surface area contributed by atoms with E-state index in [1.165, 1.54) is 0 Å². The molecule has 1 amide bonds. The smallest absolute Gasteiger partial charge is 0.257 e. The predicted molar refractivity (Wildman–Crippen MR) is 126 cm³/mol. The highest BCUT2D eigenvalue weighted by atomic mass is 16.6. The highest BCUT2D eigenvalue weighted by Gasteiger charge is 2.18. The van der Waals surface area contributed by atoms with Crippen LogP contribution in [-0.4, -0.2) is 36.0 Å². The summed E-state index contributed by atoms with van der Waals surface area (Å²) < 4.78 is 22.3. The standard InChI is InChI=1S/C25H31N3O5/c1-4-7-15-30-20-10-8-9-19(16-20)25(29)26-24-23(27-33-28-24)18-11-12-21(31-13-5-2)22(17-18)32-14-6-3/h8-12,16-17H,4-7,13-15H2,1-3H3,(H,26,28,29). The normalized spacial score (nSPS) is 10.6. The van der Waals surface area contributed by atoms with Crippen LogP contribution in [-0.2, 0) is 0 Å². The van der Waals surface area contributed by atoms with Gasteiger partial charge in [0.1, 0.15) is 5.75 Å². The maximum atomic E-state index is 12.8. The first-order valence-corrected chi connectivity index (χ1v) is 11.4. The Morgan fingerprint density at radius 1 is 0.879 bits per heavy atom. The molecule has 0 saturated heterocycles. The average Bonchev–Trinajstić information content (AvgIpc) is 3.30. The van der Waals surface area contributed by atoms with Gasteiger partial charge in [-0.3, -0.25) is 4.79 Å². The lowest BCUT2D eigenvalue weighted by Gasteiger charge is -2.13. The highest BCUT2D eigenvalue weighted by Crippen LogP contribution is 2.34. The zero-order valence-electron chi connectivity index (χ0n) is 19.4. The summed E-state index contributed by atoms with van der Waals surface area (Å²) in [5.74, 6) is 1.81. The van der Waals surface area contributed by atoms with Crippen LogP contribution in [0.15, 0.2) is 47.1 Å². The number of benzene rings is 2. The Balaban J connectivity index is 1.78. The molecule has 3 rings (SSSR count). The summed E-state index contributed by atoms with van der Waals surface area (Å²) in [7, 11) is 0. The number of carbonyl (C=O) groups is 1. The zero-order valence-corrected chi connectivity index (χ0v) is 19.4. The Labute approximate surface area is 194 Å². The molecule has 8 nitrogen and oxygen atoms in total. The third-order valence-corrected chi connectivity index (χ3v) is 4.72. The first kappa shape index (κ1) is 24.1. The van der Waals surface area contributed by atoms with E-state index in [0.29, 0.717) is 53.9 Å². The molecule has 33 heavy (non-hydrogen) atoms. The predicted octanol–water partition coefficient (Wildman–Crippen LogP) is 5.75. The van der Waals surface area contributed by atoms with Crippen molar-refractivity contribution in [2.75, 3.05) is 25.1 Å². The number of hydrogen-bond acceptors (Lipinski definition) is 7. The largest absolute Gasteiger partial charge is 0.494 e. The van der Waals surface area contributed by atoms with Crippen LogP contribution in [0.4, 0.5) is 5.82 Å². The van der Waals surface area contributed by atoms with Crippen molar-refractivity contribution in [2.24, 2.45) is 0 Å². The summed E-state index contributed by atoms with van der Waals surface area (Å²) in [6.45, 7) is 7.94. The van der Waals surface area contributed by atoms with Crippen LogP contribution in [0, 0.1) is 0 Å². The molecule has 3 aromatic rings. The molecule has 1 heterocycles. The molecular weight excluding hydrogens is 422 g/mol. The summed E-state index contributed by atoms with van der Waals surface area (Å²) in [4.78, 5) is 12.8. The summed E-state index contributed by atoms with van der Waals surface area (Å²) in [5.41, 5.74) is 1.55. The van der Waals surface area contributed by atoms with E-state index in [-0.39, 0.29) is 11.7 Å². The van der Waals surface area contributed by atoms with Crippen LogP contribution >= 0.6 is 0 Å². The minimum atomic E-state index is -0.335. The van der Waals surface area contributed by atoms with Gasteiger partial charge >= 0.3 is 0 Å². The molecule has 0 saturated carbocycles. The molecule has 1 N–H and O–H groups in total. The first-order valence-electron chi connectivity index (χ1n) is 11.4. The van der Waals surface area contributed by atoms with Gasteiger partial charge in [0.15, 0.2) is 17.2 Å². The van der Waals surface area contributed by atoms with Gasteiger partial charge in [0.2, 0.25) is 5.82 Å². The van der Waals surface area contributed by atoms with Crippen molar-refractivity contribution in [2.45, 2.75) is 46.5 Å². The summed E-state index contributed by atoms with van der Waals surface area (Å²) in [6, 6.07) is 12.5. The van der Waals surface area contributed by atoms with E-state index >= 15 is 0 Å². The fourth-order valence-electron chi connectivity index (χ4n) is 3.01. The molecule has 2 aromatic carbocycles. The van der Waals surface area contributed by atoms with E-state index in [4.69, 9.17) is 18.8 Å². The van der Waals surface area contributed by atoms with Crippen LogP contribution in [0.5, 0.6) is 17.2 Å². The maximum Gasteiger partial charge on any atom is 0.257 e. The molecule has 0 bridgehead atoms. The molecule has 0 aliphatic carbocycles. The van der Waals surface area contributed by atoms with E-state index in [9.17, 15) is 4.79 Å². The van der Waals surface area contributed by atoms with Crippen molar-refractivity contribution < 1.29 is 23.6 Å². The lowest BCUT2D eigenvalue weighted by atomic mass is 10.1. The molecule has 0 fully saturated rings. The molecule has 0 aliphatic rings. The van der Waals surface area contributed by atoms with Crippen molar-refractivity contribution in [3.05, 3.63) is 48.0 Å². The quantitative estimate of drug-likeness (QED) is 0.329. The maximum absolute atomic E-state index is 12.8. The monoisotopic (exact) mass is 453 g/mol. The van der Waals surface area contributed by atoms with Crippen LogP contribution in [0.2, 0.25) is 0 Å². The van der Waals surface area contributed by atoms with E-state index in [1.807, 2.05) is 38.1 Å². The fraction of sp³-hybridized carbons (Fsp3) is 0.400. The minimum absolute atomic E-state index is 0.223. The number of nitrogens with one attached hydrogen (secondary N) is 1. The lowest BCUT2D eigenvalue weighted by molar-refractivity contribution is 0.102. The minimum Gasteiger partial charge on any atom is -0.494 e. The Morgan fingerprint density at radius 2 is 1.67 bits per heavy atom. The topological polar surface area (TPSA) is 95.7 Å². The van der Waals surface area contributed by atoms with Crippen molar-refractivity contribution in [1.82, 2.24) is 10.3 Å². The number of unbranched alkanes of at least 4 members (excludes halogenated alkanes) is 1. The molecule has 0 spiro atoms. The lowest BCUT2D eigenvalue weighted by Crippen LogP contribution is -2.13. The molecule has 176 valence electrons. The van der Waals surface area contributed by atoms with E-state index < -0.39 is 0 Å². The van der Waals surface area contributed by atoms with E-state index in [1.54, 1.807) is 18.2 Å². The van der Waals surface area contributed by atoms with Crippen molar-refractivity contribution in [3.63, 3.8) is 0 Å². The Bertz CT molecular complexity index is 1030. The van der Waals surface area contributed by atoms with E-state index in [2.05, 4.69) is 22.6 Å². The first-order chi connectivity index (χ1) is 16.2. The van der Waals surface area contributed by atoms with Gasteiger partial charge in [-0.2, -0.15) is 0 Å². The number of anilines is 1. The van der Waals surface area contributed by atoms with Gasteiger partial charge < -0.3 is 19.5 Å². The molecule has 0 unspecified atom stereocenters. The fourth-order valence-corrected chi connectivity index (χ4v) is 3.01. The number of hydrogen-bond donors (Lipinski definition) is 1. The Kier molecular flexibility index (Phi) is 9.11. The Morgan fingerprint density at radius 3 is 2.42 bits per heavy atom. The van der Waals surface area contributed by atoms with E-state index in [0.717, 1.165) is 25.7 Å². The van der Waals surface area contributed by atoms with Crippen LogP contribution < -0.4 is 19.5 Å². The third kappa shape index (κ3) is 6.71. The van der Waals surface area contributed by atoms with Gasteiger partial charge in [-0.15, -0.1) is 0 Å².